The van der Waals surface area contributed by atoms with Gasteiger partial charge in [-0.3, -0.25) is 9.78 Å². The lowest BCUT2D eigenvalue weighted by molar-refractivity contribution is -0.114. The zero-order chi connectivity index (χ0) is 25.4. The molecule has 4 aromatic rings. The van der Waals surface area contributed by atoms with Crippen LogP contribution in [0.2, 0.25) is 0 Å². The minimum Gasteiger partial charge on any atom is -0.351 e. The SMILES string of the molecule is CC(=O)Nc1ccc(N2C(=S)N[C@H](c3ccccn3)[C@H]2c2c(C)c(C)n(-c3ccccc3)c2C)cc1. The predicted octanol–water partition coefficient (Wildman–Crippen LogP) is 5.93. The van der Waals surface area contributed by atoms with E-state index >= 15 is 0 Å². The Morgan fingerprint density at radius 1 is 0.917 bits per heavy atom. The van der Waals surface area contributed by atoms with Crippen molar-refractivity contribution in [2.24, 2.45) is 0 Å². The van der Waals surface area contributed by atoms with Crippen molar-refractivity contribution in [3.63, 3.8) is 0 Å². The van der Waals surface area contributed by atoms with Crippen LogP contribution >= 0.6 is 12.2 Å². The Morgan fingerprint density at radius 3 is 2.25 bits per heavy atom. The molecular weight excluding hydrogens is 466 g/mol. The number of para-hydroxylation sites is 1. The van der Waals surface area contributed by atoms with Crippen LogP contribution in [0.4, 0.5) is 11.4 Å². The van der Waals surface area contributed by atoms with Crippen molar-refractivity contribution in [1.82, 2.24) is 14.9 Å². The average Bonchev–Trinajstić information content (AvgIpc) is 3.32. The number of pyridine rings is 1. The fraction of sp³-hybridized carbons (Fsp3) is 0.207. The normalized spacial score (nSPS) is 17.2. The number of carbonyl (C=O) groups is 1. The number of rotatable bonds is 5. The summed E-state index contributed by atoms with van der Waals surface area (Å²) in [6, 6.07) is 24.0. The predicted molar refractivity (Wildman–Crippen MR) is 149 cm³/mol. The van der Waals surface area contributed by atoms with Gasteiger partial charge in [-0.15, -0.1) is 0 Å². The van der Waals surface area contributed by atoms with Crippen LogP contribution < -0.4 is 15.5 Å². The van der Waals surface area contributed by atoms with Gasteiger partial charge in [0.25, 0.3) is 0 Å². The van der Waals surface area contributed by atoms with Crippen LogP contribution in [0, 0.1) is 20.8 Å². The van der Waals surface area contributed by atoms with Gasteiger partial charge in [0.1, 0.15) is 0 Å². The largest absolute Gasteiger partial charge is 0.351 e. The smallest absolute Gasteiger partial charge is 0.221 e. The summed E-state index contributed by atoms with van der Waals surface area (Å²) in [6.07, 6.45) is 1.82. The number of nitrogens with zero attached hydrogens (tertiary/aromatic N) is 3. The second-order valence-electron chi connectivity index (χ2n) is 9.11. The van der Waals surface area contributed by atoms with Gasteiger partial charge in [0.2, 0.25) is 5.91 Å². The molecule has 2 atom stereocenters. The molecule has 1 aliphatic rings. The number of hydrogen-bond acceptors (Lipinski definition) is 3. The first-order valence-corrected chi connectivity index (χ1v) is 12.4. The Kier molecular flexibility index (Phi) is 6.33. The van der Waals surface area contributed by atoms with Crippen molar-refractivity contribution in [3.05, 3.63) is 107 Å². The Morgan fingerprint density at radius 2 is 1.61 bits per heavy atom. The second kappa shape index (κ2) is 9.59. The third kappa shape index (κ3) is 4.16. The zero-order valence-electron chi connectivity index (χ0n) is 20.8. The molecule has 1 saturated heterocycles. The fourth-order valence-electron chi connectivity index (χ4n) is 5.24. The molecule has 0 bridgehead atoms. The summed E-state index contributed by atoms with van der Waals surface area (Å²) in [6.45, 7) is 8.04. The van der Waals surface area contributed by atoms with Crippen molar-refractivity contribution >= 4 is 34.6 Å². The van der Waals surface area contributed by atoms with Crippen molar-refractivity contribution in [3.8, 4) is 5.69 Å². The van der Waals surface area contributed by atoms with Gasteiger partial charge in [0, 0.05) is 47.1 Å². The maximum Gasteiger partial charge on any atom is 0.221 e. The van der Waals surface area contributed by atoms with E-state index in [0.29, 0.717) is 5.11 Å². The van der Waals surface area contributed by atoms with Crippen LogP contribution in [0.3, 0.4) is 0 Å². The number of thiocarbonyl (C=S) groups is 1. The second-order valence-corrected chi connectivity index (χ2v) is 9.49. The summed E-state index contributed by atoms with van der Waals surface area (Å²) in [5.41, 5.74) is 8.61. The molecule has 3 heterocycles. The topological polar surface area (TPSA) is 62.2 Å². The Hall–Kier alpha value is -3.97. The molecule has 5 rings (SSSR count). The molecule has 1 fully saturated rings. The van der Waals surface area contributed by atoms with Gasteiger partial charge in [0.05, 0.1) is 17.8 Å². The van der Waals surface area contributed by atoms with E-state index in [-0.39, 0.29) is 18.0 Å². The van der Waals surface area contributed by atoms with E-state index in [0.717, 1.165) is 22.8 Å². The van der Waals surface area contributed by atoms with Gasteiger partial charge < -0.3 is 20.1 Å². The number of anilines is 2. The van der Waals surface area contributed by atoms with Crippen molar-refractivity contribution < 1.29 is 4.79 Å². The van der Waals surface area contributed by atoms with E-state index < -0.39 is 0 Å². The molecule has 2 aromatic heterocycles. The van der Waals surface area contributed by atoms with Gasteiger partial charge in [-0.05, 0) is 87.1 Å². The fourth-order valence-corrected chi connectivity index (χ4v) is 5.59. The first-order valence-electron chi connectivity index (χ1n) is 12.0. The minimum atomic E-state index is -0.128. The summed E-state index contributed by atoms with van der Waals surface area (Å²) in [5, 5.41) is 7.04. The van der Waals surface area contributed by atoms with E-state index in [2.05, 4.69) is 70.1 Å². The molecular formula is C29H29N5OS. The van der Waals surface area contributed by atoms with Crippen LogP contribution in [0.1, 0.15) is 47.2 Å². The number of benzene rings is 2. The molecule has 0 radical (unpaired) electrons. The van der Waals surface area contributed by atoms with E-state index in [4.69, 9.17) is 12.2 Å². The molecule has 7 heteroatoms. The van der Waals surface area contributed by atoms with Crippen LogP contribution in [0.15, 0.2) is 79.0 Å². The summed E-state index contributed by atoms with van der Waals surface area (Å²) >= 11 is 5.91. The molecule has 36 heavy (non-hydrogen) atoms. The van der Waals surface area contributed by atoms with E-state index in [1.807, 2.05) is 54.7 Å². The lowest BCUT2D eigenvalue weighted by atomic mass is 9.93. The molecule has 1 amide bonds. The van der Waals surface area contributed by atoms with Gasteiger partial charge in [-0.25, -0.2) is 0 Å². The highest BCUT2D eigenvalue weighted by Crippen LogP contribution is 2.45. The third-order valence-corrected chi connectivity index (χ3v) is 7.20. The minimum absolute atomic E-state index is 0.0989. The summed E-state index contributed by atoms with van der Waals surface area (Å²) in [4.78, 5) is 18.4. The number of carbonyl (C=O) groups excluding carboxylic acids is 1. The lowest BCUT2D eigenvalue weighted by Gasteiger charge is -2.29. The number of amides is 1. The molecule has 0 aliphatic carbocycles. The van der Waals surface area contributed by atoms with Crippen LogP contribution in [-0.2, 0) is 4.79 Å². The molecule has 6 nitrogen and oxygen atoms in total. The van der Waals surface area contributed by atoms with Gasteiger partial charge in [-0.2, -0.15) is 0 Å². The van der Waals surface area contributed by atoms with E-state index in [1.165, 1.54) is 29.4 Å². The number of hydrogen-bond donors (Lipinski definition) is 2. The maximum absolute atomic E-state index is 11.5. The van der Waals surface area contributed by atoms with Gasteiger partial charge >= 0.3 is 0 Å². The maximum atomic E-state index is 11.5. The molecule has 0 saturated carbocycles. The highest BCUT2D eigenvalue weighted by molar-refractivity contribution is 7.80. The first-order chi connectivity index (χ1) is 17.4. The average molecular weight is 496 g/mol. The van der Waals surface area contributed by atoms with Gasteiger partial charge in [0.15, 0.2) is 5.11 Å². The molecule has 2 N–H and O–H groups in total. The monoisotopic (exact) mass is 495 g/mol. The summed E-state index contributed by atoms with van der Waals surface area (Å²) < 4.78 is 2.32. The molecule has 0 unspecified atom stereocenters. The Balaban J connectivity index is 1.67. The third-order valence-electron chi connectivity index (χ3n) is 6.88. The van der Waals surface area contributed by atoms with Crippen molar-refractivity contribution in [1.29, 1.82) is 0 Å². The first kappa shape index (κ1) is 23.8. The van der Waals surface area contributed by atoms with Crippen molar-refractivity contribution in [2.75, 3.05) is 10.2 Å². The summed E-state index contributed by atoms with van der Waals surface area (Å²) in [5.74, 6) is -0.0989. The van der Waals surface area contributed by atoms with Gasteiger partial charge in [-0.1, -0.05) is 24.3 Å². The van der Waals surface area contributed by atoms with Crippen LogP contribution in [0.25, 0.3) is 5.69 Å². The van der Waals surface area contributed by atoms with Crippen LogP contribution in [-0.4, -0.2) is 20.6 Å². The van der Waals surface area contributed by atoms with Crippen LogP contribution in [0.5, 0.6) is 0 Å². The Bertz CT molecular complexity index is 1410. The molecule has 0 spiro atoms. The number of nitrogens with one attached hydrogen (secondary N) is 2. The summed E-state index contributed by atoms with van der Waals surface area (Å²) in [7, 11) is 0. The van der Waals surface area contributed by atoms with Crippen molar-refractivity contribution in [2.45, 2.75) is 39.8 Å². The quantitative estimate of drug-likeness (QED) is 0.336. The highest BCUT2D eigenvalue weighted by atomic mass is 32.1. The lowest BCUT2D eigenvalue weighted by Crippen LogP contribution is -2.29. The zero-order valence-corrected chi connectivity index (χ0v) is 21.6. The molecule has 1 aliphatic heterocycles. The number of aromatic nitrogens is 2. The highest BCUT2D eigenvalue weighted by Gasteiger charge is 2.43. The molecule has 182 valence electrons. The molecule has 2 aromatic carbocycles. The van der Waals surface area contributed by atoms with E-state index in [9.17, 15) is 4.79 Å². The standard InChI is InChI=1S/C29H29N5OS/c1-18-19(2)33(23-10-6-5-7-11-23)20(3)26(18)28-27(25-12-8-9-17-30-25)32-29(36)34(28)24-15-13-22(14-16-24)31-21(4)35/h5-17,27-28H,1-4H3,(H,31,35)(H,32,36)/t27-,28-/m1/s1. The Labute approximate surface area is 217 Å². The van der Waals surface area contributed by atoms with E-state index in [1.54, 1.807) is 0 Å².